The van der Waals surface area contributed by atoms with E-state index in [4.69, 9.17) is 0 Å². The molecule has 446 valence electrons. The van der Waals surface area contributed by atoms with Crippen molar-refractivity contribution >= 4 is 188 Å². The molecule has 25 heteroatoms. The lowest BCUT2D eigenvalue weighted by Crippen LogP contribution is -2.65. The second-order valence-corrected chi connectivity index (χ2v) is 33.2. The maximum absolute atomic E-state index is 15.4. The molecule has 0 aliphatic carbocycles. The minimum atomic E-state index is -1.12. The maximum Gasteiger partial charge on any atom is 0.336 e. The van der Waals surface area contributed by atoms with Crippen LogP contribution in [0.3, 0.4) is 0 Å². The monoisotopic (exact) mass is 1780 g/mol. The highest BCUT2D eigenvalue weighted by Gasteiger charge is 2.57. The van der Waals surface area contributed by atoms with Crippen LogP contribution in [-0.4, -0.2) is 212 Å². The Balaban J connectivity index is 1.12. The Bertz CT molecular complexity index is 2240. The van der Waals surface area contributed by atoms with Gasteiger partial charge in [-0.25, -0.2) is 10.2 Å². The van der Waals surface area contributed by atoms with Crippen LogP contribution in [0.4, 0.5) is 4.79 Å². The van der Waals surface area contributed by atoms with Crippen LogP contribution in [0.2, 0.25) is 0 Å². The summed E-state index contributed by atoms with van der Waals surface area (Å²) in [6.07, 6.45) is 7.01. The van der Waals surface area contributed by atoms with Gasteiger partial charge in [0, 0.05) is 74.8 Å². The van der Waals surface area contributed by atoms with Gasteiger partial charge in [0.2, 0.25) is 23.6 Å². The molecule has 4 N–H and O–H groups in total. The number of hydrogen-bond donors (Lipinski definition) is 4. The zero-order valence-corrected chi connectivity index (χ0v) is 60.0. The summed E-state index contributed by atoms with van der Waals surface area (Å²) in [5.41, 5.74) is 3.09. The quantitative estimate of drug-likeness (QED) is 0.0501. The van der Waals surface area contributed by atoms with Crippen LogP contribution in [0, 0.1) is 5.92 Å². The number of rotatable bonds is 23. The molecule has 13 unspecified atom stereocenters. The van der Waals surface area contributed by atoms with E-state index in [9.17, 15) is 38.4 Å². The highest BCUT2D eigenvalue weighted by atomic mass is 127. The summed E-state index contributed by atoms with van der Waals surface area (Å²) in [7, 11) is 0. The van der Waals surface area contributed by atoms with Crippen molar-refractivity contribution in [3.05, 3.63) is 0 Å². The second-order valence-electron chi connectivity index (χ2n) is 22.6. The van der Waals surface area contributed by atoms with E-state index in [-0.39, 0.29) is 98.2 Å². The van der Waals surface area contributed by atoms with E-state index in [1.165, 1.54) is 4.90 Å². The van der Waals surface area contributed by atoms with Crippen molar-refractivity contribution in [2.75, 3.05) is 52.4 Å². The molecule has 0 spiro atoms. The van der Waals surface area contributed by atoms with E-state index in [0.717, 1.165) is 25.8 Å². The molecule has 19 nitrogen and oxygen atoms in total. The molecular formula is C54H84I6N10O9. The van der Waals surface area contributed by atoms with Crippen molar-refractivity contribution in [3.63, 3.8) is 0 Å². The average Bonchev–Trinajstić information content (AvgIpc) is 4.43. The van der Waals surface area contributed by atoms with Gasteiger partial charge in [0.25, 0.3) is 5.91 Å². The van der Waals surface area contributed by atoms with Gasteiger partial charge in [-0.05, 0) is 83.5 Å². The number of urea groups is 1. The van der Waals surface area contributed by atoms with E-state index in [1.54, 1.807) is 9.80 Å². The fourth-order valence-corrected chi connectivity index (χ4v) is 19.0. The van der Waals surface area contributed by atoms with Crippen molar-refractivity contribution in [3.8, 4) is 0 Å². The lowest BCUT2D eigenvalue weighted by Gasteiger charge is -2.45. The van der Waals surface area contributed by atoms with Gasteiger partial charge in [0.1, 0.15) is 12.1 Å². The summed E-state index contributed by atoms with van der Waals surface area (Å²) in [5, 5.41) is 5.74. The average molecular weight is 1780 g/mol. The first-order valence-corrected chi connectivity index (χ1v) is 36.1. The van der Waals surface area contributed by atoms with Crippen LogP contribution >= 0.6 is 136 Å². The van der Waals surface area contributed by atoms with Gasteiger partial charge >= 0.3 is 6.03 Å². The zero-order valence-electron chi connectivity index (χ0n) is 47.1. The van der Waals surface area contributed by atoms with Gasteiger partial charge in [-0.15, -0.1) is 0 Å². The lowest BCUT2D eigenvalue weighted by atomic mass is 9.81. The largest absolute Gasteiger partial charge is 0.347 e. The zero-order chi connectivity index (χ0) is 58.4. The van der Waals surface area contributed by atoms with Gasteiger partial charge in [0.05, 0.1) is 48.3 Å². The normalized spacial score (nSPS) is 30.3. The second kappa shape index (κ2) is 30.0. The first-order valence-electron chi connectivity index (χ1n) is 28.7. The number of amides is 7. The SMILES string of the molecule is CCC(C)C(=O)CNC(=O)C1CC(I)CN1C(=O)C1CC(I)CN1C(CC)(CC)C(=O)C1CC(I)CN1C(=O)NNC(=O)C1CC(I)CN1C(CC)(CC)C(=O)CNC(=O)C1CC(I)CN1C(=O)C1CC(I)CN1C(CC)CC. The maximum atomic E-state index is 15.4. The number of halogens is 6. The molecule has 0 aromatic heterocycles. The van der Waals surface area contributed by atoms with Crippen molar-refractivity contribution in [2.45, 2.75) is 216 Å². The van der Waals surface area contributed by atoms with E-state index < -0.39 is 53.2 Å². The molecule has 6 saturated heterocycles. The summed E-state index contributed by atoms with van der Waals surface area (Å²) in [6, 6.07) is -4.41. The Morgan fingerprint density at radius 1 is 0.456 bits per heavy atom. The van der Waals surface area contributed by atoms with Crippen molar-refractivity contribution in [1.82, 2.24) is 50.9 Å². The van der Waals surface area contributed by atoms with E-state index in [2.05, 4.69) is 176 Å². The smallest absolute Gasteiger partial charge is 0.336 e. The molecule has 6 heterocycles. The number of Topliss-reactive ketones (excluding diaryl/α,β-unsaturated/α-hetero) is 3. The van der Waals surface area contributed by atoms with Crippen molar-refractivity contribution < 1.29 is 43.2 Å². The fourth-order valence-electron chi connectivity index (χ4n) is 13.5. The number of hydrogen-bond acceptors (Lipinski definition) is 12. The fraction of sp³-hybridized carbons (Fsp3) is 0.833. The molecule has 6 rings (SSSR count). The number of nitrogens with one attached hydrogen (secondary N) is 4. The number of carbonyl (C=O) groups excluding carboxylic acids is 9. The van der Waals surface area contributed by atoms with Crippen molar-refractivity contribution in [1.29, 1.82) is 0 Å². The van der Waals surface area contributed by atoms with E-state index in [1.807, 2.05) is 51.3 Å². The molecular weight excluding hydrogens is 1690 g/mol. The van der Waals surface area contributed by atoms with Crippen LogP contribution in [0.1, 0.15) is 139 Å². The van der Waals surface area contributed by atoms with Gasteiger partial charge in [-0.1, -0.05) is 191 Å². The predicted octanol–water partition coefficient (Wildman–Crippen LogP) is 6.34. The molecule has 0 aromatic rings. The topological polar surface area (TPSA) is 221 Å². The molecule has 0 aromatic carbocycles. The molecule has 0 saturated carbocycles. The summed E-state index contributed by atoms with van der Waals surface area (Å²) in [5.74, 6) is -2.08. The molecule has 6 fully saturated rings. The number of carbonyl (C=O) groups is 9. The molecule has 6 aliphatic rings. The lowest BCUT2D eigenvalue weighted by molar-refractivity contribution is -0.148. The van der Waals surface area contributed by atoms with Crippen LogP contribution in [0.15, 0.2) is 0 Å². The molecule has 79 heavy (non-hydrogen) atoms. The molecule has 13 atom stereocenters. The van der Waals surface area contributed by atoms with E-state index in [0.29, 0.717) is 94.3 Å². The number of nitrogens with zero attached hydrogens (tertiary/aromatic N) is 6. The van der Waals surface area contributed by atoms with Gasteiger partial charge in [-0.2, -0.15) is 0 Å². The van der Waals surface area contributed by atoms with E-state index >= 15 is 4.79 Å². The molecule has 7 amide bonds. The first-order chi connectivity index (χ1) is 37.4. The summed E-state index contributed by atoms with van der Waals surface area (Å²) in [4.78, 5) is 139. The number of ketones is 3. The number of likely N-dealkylation sites (tertiary alicyclic amines) is 6. The van der Waals surface area contributed by atoms with Gasteiger partial charge in [0.15, 0.2) is 17.3 Å². The summed E-state index contributed by atoms with van der Waals surface area (Å²) >= 11 is 13.9. The minimum Gasteiger partial charge on any atom is -0.347 e. The Kier molecular flexibility index (Phi) is 25.8. The third-order valence-electron chi connectivity index (χ3n) is 18.3. The molecule has 0 radical (unpaired) electrons. The molecule has 0 bridgehead atoms. The Morgan fingerprint density at radius 3 is 1.38 bits per heavy atom. The first kappa shape index (κ1) is 68.0. The predicted molar refractivity (Wildman–Crippen MR) is 356 cm³/mol. The van der Waals surface area contributed by atoms with Crippen LogP contribution in [-0.2, 0) is 38.4 Å². The van der Waals surface area contributed by atoms with Gasteiger partial charge in [-0.3, -0.25) is 58.5 Å². The Morgan fingerprint density at radius 2 is 0.873 bits per heavy atom. The van der Waals surface area contributed by atoms with Crippen LogP contribution in [0.5, 0.6) is 0 Å². The third-order valence-corrected chi connectivity index (χ3v) is 23.7. The highest BCUT2D eigenvalue weighted by molar-refractivity contribution is 14.1. The van der Waals surface area contributed by atoms with Crippen LogP contribution < -0.4 is 21.5 Å². The Hall–Kier alpha value is -0.110. The number of hydrazine groups is 1. The van der Waals surface area contributed by atoms with Crippen molar-refractivity contribution in [2.24, 2.45) is 5.92 Å². The van der Waals surface area contributed by atoms with Crippen LogP contribution in [0.25, 0.3) is 0 Å². The Labute approximate surface area is 550 Å². The standard InChI is InChI=1S/C54H84I6N10O9/c1-9-30(8)44(71)22-61-47(74)39-17-33(57)26-67(39)51(78)43-21-36(60)29-70(43)54(14-6,15-7)46(73)38-16-31(55)27-68(38)52(79)64-63-49(76)41-19-35(59)28-69(41)53(12-4,13-5)45(72)23-62-48(75)40-18-32(56)25-66(40)50(77)42-20-34(58)24-65(42)37(10-2)11-3/h30-43H,9-29H2,1-8H3,(H,61,74)(H,62,75)(H,63,76)(H,64,79). The van der Waals surface area contributed by atoms with Gasteiger partial charge < -0.3 is 25.3 Å². The number of alkyl halides is 6. The molecule has 6 aliphatic heterocycles. The minimum absolute atomic E-state index is 0.00142. The highest BCUT2D eigenvalue weighted by Crippen LogP contribution is 2.42. The summed E-state index contributed by atoms with van der Waals surface area (Å²) in [6.45, 7) is 18.2. The third kappa shape index (κ3) is 15.0. The summed E-state index contributed by atoms with van der Waals surface area (Å²) < 4.78 is 0.423.